The third-order valence-electron chi connectivity index (χ3n) is 0. The van der Waals surface area contributed by atoms with Gasteiger partial charge in [-0.05, 0) is 0 Å². The summed E-state index contributed by atoms with van der Waals surface area (Å²) in [7, 11) is 0. The molecule has 0 N–H and O–H groups in total. The van der Waals surface area contributed by atoms with Crippen LogP contribution in [-0.2, 0) is 12.8 Å². The molecule has 0 bridgehead atoms. The van der Waals surface area contributed by atoms with Crippen LogP contribution in [0.3, 0.4) is 0 Å². The van der Waals surface area contributed by atoms with Crippen LogP contribution in [0.5, 0.6) is 0 Å². The van der Waals surface area contributed by atoms with E-state index in [2.05, 4.69) is 33.5 Å². The summed E-state index contributed by atoms with van der Waals surface area (Å²) in [5.74, 6) is 1.42. The number of halogens is 1. The van der Waals surface area contributed by atoms with Crippen LogP contribution in [0.1, 0.15) is 20.8 Å². The van der Waals surface area contributed by atoms with Gasteiger partial charge in [0, 0.05) is 0 Å². The predicted molar refractivity (Wildman–Crippen MR) is 34.3 cm³/mol. The van der Waals surface area contributed by atoms with Gasteiger partial charge in [-0.3, -0.25) is 0 Å². The van der Waals surface area contributed by atoms with Gasteiger partial charge in [-0.25, -0.2) is 0 Å². The molecule has 0 aliphatic rings. The van der Waals surface area contributed by atoms with Crippen LogP contribution in [0.4, 0.5) is 0 Å². The van der Waals surface area contributed by atoms with Crippen molar-refractivity contribution < 1.29 is 12.8 Å². The van der Waals surface area contributed by atoms with E-state index in [1.807, 2.05) is 20.3 Å². The van der Waals surface area contributed by atoms with Crippen molar-refractivity contribution in [2.75, 3.05) is 0 Å². The fourth-order valence-corrected chi connectivity index (χ4v) is 0. The molecule has 2 heteroatoms. The van der Waals surface area contributed by atoms with Crippen molar-refractivity contribution in [1.82, 2.24) is 0 Å². The average molecular weight is 239 g/mol. The quantitative estimate of drug-likeness (QED) is 0.346. The molecule has 0 heterocycles. The Morgan fingerprint density at radius 2 is 1.17 bits per heavy atom. The first-order chi connectivity index (χ1) is 2.73. The van der Waals surface area contributed by atoms with Crippen LogP contribution in [0, 0.1) is 5.92 Å². The van der Waals surface area contributed by atoms with Gasteiger partial charge in [-0.1, -0.05) is 0 Å². The molecule has 0 aromatic carbocycles. The molecule has 0 nitrogen and oxygen atoms in total. The Labute approximate surface area is 59.6 Å². The molecular weight excluding hydrogens is 230 g/mol. The molecule has 0 aromatic heterocycles. The van der Waals surface area contributed by atoms with Crippen LogP contribution in [0.2, 0.25) is 0 Å². The normalized spacial score (nSPS) is 6.83. The Bertz CT molecular complexity index is 12.3. The molecule has 0 rings (SSSR count). The third-order valence-corrected chi connectivity index (χ3v) is 0. The Balaban J connectivity index is 0. The Kier molecular flexibility index (Phi) is 16.3. The molecule has 39 valence electrons. The summed E-state index contributed by atoms with van der Waals surface area (Å²) in [5, 5.41) is 0. The molecular formula is C4H9IMn. The van der Waals surface area contributed by atoms with E-state index in [1.54, 1.807) is 0 Å². The molecule has 0 unspecified atom stereocenters. The third kappa shape index (κ3) is 60.7. The summed E-state index contributed by atoms with van der Waals surface area (Å²) in [6.07, 6.45) is 0. The zero-order valence-electron chi connectivity index (χ0n) is 4.26. The maximum atomic E-state index is 2.91. The Morgan fingerprint density at radius 3 is 1.17 bits per heavy atom. The molecule has 0 saturated carbocycles. The monoisotopic (exact) mass is 239 g/mol. The molecule has 0 aromatic rings. The van der Waals surface area contributed by atoms with Crippen molar-refractivity contribution >= 4 is 20.3 Å². The Hall–Kier alpha value is 1.25. The second-order valence-corrected chi connectivity index (χ2v) is 1.50. The molecule has 0 fully saturated rings. The van der Waals surface area contributed by atoms with Crippen LogP contribution < -0.4 is 0 Å². The second kappa shape index (κ2) is 9.54. The van der Waals surface area contributed by atoms with Gasteiger partial charge < -0.3 is 5.92 Å². The van der Waals surface area contributed by atoms with E-state index in [4.69, 9.17) is 0 Å². The minimum atomic E-state index is 1.42. The van der Waals surface area contributed by atoms with Gasteiger partial charge in [0.05, 0.1) is 0 Å². The van der Waals surface area contributed by atoms with Gasteiger partial charge in [-0.15, -0.1) is 0 Å². The zero-order valence-corrected chi connectivity index (χ0v) is 7.59. The van der Waals surface area contributed by atoms with Crippen LogP contribution in [-0.4, -0.2) is 0 Å². The summed E-state index contributed by atoms with van der Waals surface area (Å²) >= 11 is 4.87. The first kappa shape index (κ1) is 10.3. The van der Waals surface area contributed by atoms with Crippen molar-refractivity contribution in [3.8, 4) is 0 Å². The molecule has 0 amide bonds. The summed E-state index contributed by atoms with van der Waals surface area (Å²) < 4.78 is 0. The van der Waals surface area contributed by atoms with Crippen LogP contribution >= 0.6 is 20.3 Å². The van der Waals surface area contributed by atoms with Crippen molar-refractivity contribution in [3.63, 3.8) is 0 Å². The van der Waals surface area contributed by atoms with E-state index >= 15 is 0 Å². The van der Waals surface area contributed by atoms with Gasteiger partial charge in [0.2, 0.25) is 0 Å². The maximum absolute atomic E-state index is 2.91. The topological polar surface area (TPSA) is 0 Å². The van der Waals surface area contributed by atoms with Crippen LogP contribution in [0.15, 0.2) is 0 Å². The molecule has 0 aliphatic heterocycles. The average Bonchev–Trinajstić information content (AvgIpc) is 1.41. The van der Waals surface area contributed by atoms with Gasteiger partial charge >= 0.3 is 33.1 Å². The van der Waals surface area contributed by atoms with Crippen molar-refractivity contribution in [1.29, 1.82) is 0 Å². The van der Waals surface area contributed by atoms with E-state index < -0.39 is 0 Å². The van der Waals surface area contributed by atoms with Crippen LogP contribution in [0.25, 0.3) is 0 Å². The summed E-state index contributed by atoms with van der Waals surface area (Å²) in [5.41, 5.74) is 0. The Morgan fingerprint density at radius 1 is 1.17 bits per heavy atom. The van der Waals surface area contributed by atoms with E-state index in [-0.39, 0.29) is 0 Å². The molecule has 6 heavy (non-hydrogen) atoms. The van der Waals surface area contributed by atoms with Gasteiger partial charge in [0.25, 0.3) is 0 Å². The van der Waals surface area contributed by atoms with Crippen molar-refractivity contribution in [2.24, 2.45) is 0 Å². The first-order valence-electron chi connectivity index (χ1n) is 1.64. The number of hydrogen-bond donors (Lipinski definition) is 0. The summed E-state index contributed by atoms with van der Waals surface area (Å²) in [6.45, 7) is 6.25. The van der Waals surface area contributed by atoms with Gasteiger partial charge in [-0.2, -0.15) is 20.8 Å². The molecule has 0 atom stereocenters. The summed E-state index contributed by atoms with van der Waals surface area (Å²) in [4.78, 5) is 0. The first-order valence-corrected chi connectivity index (χ1v) is 5.45. The minimum absolute atomic E-state index is 1.42. The number of hydrogen-bond acceptors (Lipinski definition) is 0. The number of rotatable bonds is 0. The molecule has 0 spiro atoms. The molecule has 0 aliphatic carbocycles. The SMILES string of the molecule is C[C-](C)C.[Mn+][I]. The van der Waals surface area contributed by atoms with E-state index in [0.717, 1.165) is 0 Å². The fraction of sp³-hybridized carbons (Fsp3) is 0.750. The van der Waals surface area contributed by atoms with Crippen molar-refractivity contribution in [3.05, 3.63) is 5.92 Å². The second-order valence-electron chi connectivity index (χ2n) is 1.50. The standard InChI is InChI=1S/C4H9.HI.Mn/c1-4(2)3;;/h1-3H3;1H;/q-1;;+2/p-1. The van der Waals surface area contributed by atoms with Crippen molar-refractivity contribution in [2.45, 2.75) is 20.8 Å². The molecule has 0 radical (unpaired) electrons. The van der Waals surface area contributed by atoms with E-state index in [0.29, 0.717) is 0 Å². The van der Waals surface area contributed by atoms with E-state index in [9.17, 15) is 0 Å². The summed E-state index contributed by atoms with van der Waals surface area (Å²) in [6, 6.07) is 0. The van der Waals surface area contributed by atoms with Gasteiger partial charge in [0.1, 0.15) is 0 Å². The molecule has 0 saturated heterocycles. The van der Waals surface area contributed by atoms with E-state index in [1.165, 1.54) is 5.92 Å². The van der Waals surface area contributed by atoms with Gasteiger partial charge in [0.15, 0.2) is 0 Å². The fourth-order valence-electron chi connectivity index (χ4n) is 0. The zero-order chi connectivity index (χ0) is 5.58. The predicted octanol–water partition coefficient (Wildman–Crippen LogP) is 2.50.